The van der Waals surface area contributed by atoms with Crippen LogP contribution < -0.4 is 5.32 Å². The molecule has 0 aromatic heterocycles. The molecule has 0 saturated heterocycles. The van der Waals surface area contributed by atoms with Crippen molar-refractivity contribution >= 4 is 0 Å². The second-order valence-electron chi connectivity index (χ2n) is 5.71. The minimum atomic E-state index is 0.476. The molecular formula is C17H29N. The van der Waals surface area contributed by atoms with Gasteiger partial charge in [-0.1, -0.05) is 26.3 Å². The fourth-order valence-electron chi connectivity index (χ4n) is 3.05. The van der Waals surface area contributed by atoms with Crippen LogP contribution in [-0.2, 0) is 0 Å². The number of hydrogen-bond acceptors (Lipinski definition) is 1. The van der Waals surface area contributed by atoms with Crippen molar-refractivity contribution in [2.75, 3.05) is 7.05 Å². The van der Waals surface area contributed by atoms with Crippen LogP contribution >= 0.6 is 0 Å². The van der Waals surface area contributed by atoms with E-state index in [2.05, 4.69) is 60.0 Å². The summed E-state index contributed by atoms with van der Waals surface area (Å²) >= 11 is 0. The Morgan fingerprint density at radius 1 is 1.06 bits per heavy atom. The van der Waals surface area contributed by atoms with Crippen molar-refractivity contribution in [3.05, 3.63) is 33.9 Å². The smallest absolute Gasteiger partial charge is 0.0348 e. The molecule has 0 heterocycles. The lowest BCUT2D eigenvalue weighted by atomic mass is 9.83. The summed E-state index contributed by atoms with van der Waals surface area (Å²) in [6, 6.07) is 2.79. The van der Waals surface area contributed by atoms with Crippen LogP contribution in [0.5, 0.6) is 0 Å². The predicted octanol–water partition coefficient (Wildman–Crippen LogP) is 4.62. The first-order valence-electron chi connectivity index (χ1n) is 7.18. The van der Waals surface area contributed by atoms with Gasteiger partial charge in [-0.2, -0.15) is 0 Å². The van der Waals surface area contributed by atoms with Crippen LogP contribution in [0.4, 0.5) is 0 Å². The van der Waals surface area contributed by atoms with Crippen molar-refractivity contribution in [2.45, 2.75) is 60.4 Å². The van der Waals surface area contributed by atoms with Crippen LogP contribution in [0.1, 0.15) is 60.5 Å². The highest BCUT2D eigenvalue weighted by molar-refractivity contribution is 5.45. The van der Waals surface area contributed by atoms with E-state index >= 15 is 0 Å². The molecule has 1 heteroatoms. The van der Waals surface area contributed by atoms with Crippen LogP contribution in [-0.4, -0.2) is 7.05 Å². The maximum absolute atomic E-state index is 3.54. The van der Waals surface area contributed by atoms with E-state index in [0.29, 0.717) is 12.0 Å². The molecule has 0 aliphatic carbocycles. The highest BCUT2D eigenvalue weighted by Crippen LogP contribution is 2.33. The van der Waals surface area contributed by atoms with E-state index in [9.17, 15) is 0 Å². The van der Waals surface area contributed by atoms with Gasteiger partial charge in [-0.05, 0) is 74.9 Å². The highest BCUT2D eigenvalue weighted by atomic mass is 14.9. The zero-order valence-electron chi connectivity index (χ0n) is 13.1. The summed E-state index contributed by atoms with van der Waals surface area (Å²) in [4.78, 5) is 0. The first-order chi connectivity index (χ1) is 8.43. The van der Waals surface area contributed by atoms with Crippen LogP contribution in [0.3, 0.4) is 0 Å². The Morgan fingerprint density at radius 2 is 1.56 bits per heavy atom. The molecule has 2 unspecified atom stereocenters. The lowest BCUT2D eigenvalue weighted by Crippen LogP contribution is -2.25. The maximum Gasteiger partial charge on any atom is 0.0348 e. The van der Waals surface area contributed by atoms with Crippen molar-refractivity contribution in [2.24, 2.45) is 5.92 Å². The number of aryl methyl sites for hydroxylation is 2. The Balaban J connectivity index is 3.28. The summed E-state index contributed by atoms with van der Waals surface area (Å²) in [5, 5.41) is 3.54. The summed E-state index contributed by atoms with van der Waals surface area (Å²) < 4.78 is 0. The molecule has 0 radical (unpaired) electrons. The zero-order chi connectivity index (χ0) is 13.9. The summed E-state index contributed by atoms with van der Waals surface area (Å²) in [7, 11) is 2.09. The normalized spacial score (nSPS) is 14.6. The van der Waals surface area contributed by atoms with Crippen LogP contribution in [0.15, 0.2) is 6.07 Å². The van der Waals surface area contributed by atoms with E-state index in [1.807, 2.05) is 0 Å². The van der Waals surface area contributed by atoms with Gasteiger partial charge in [0.1, 0.15) is 0 Å². The van der Waals surface area contributed by atoms with E-state index in [-0.39, 0.29) is 0 Å². The molecule has 0 bridgehead atoms. The van der Waals surface area contributed by atoms with Gasteiger partial charge in [0.25, 0.3) is 0 Å². The van der Waals surface area contributed by atoms with E-state index in [4.69, 9.17) is 0 Å². The van der Waals surface area contributed by atoms with Gasteiger partial charge in [-0.15, -0.1) is 0 Å². The van der Waals surface area contributed by atoms with Gasteiger partial charge in [-0.25, -0.2) is 0 Å². The third-order valence-corrected chi connectivity index (χ3v) is 4.36. The molecule has 1 nitrogen and oxygen atoms in total. The molecule has 0 amide bonds. The highest BCUT2D eigenvalue weighted by Gasteiger charge is 2.22. The lowest BCUT2D eigenvalue weighted by Gasteiger charge is -2.28. The lowest BCUT2D eigenvalue weighted by molar-refractivity contribution is 0.381. The zero-order valence-corrected chi connectivity index (χ0v) is 13.1. The molecule has 1 rings (SSSR count). The minimum absolute atomic E-state index is 0.476. The second-order valence-corrected chi connectivity index (χ2v) is 5.71. The fraction of sp³-hybridized carbons (Fsp3) is 0.647. The molecule has 1 aromatic rings. The third kappa shape index (κ3) is 2.95. The fourth-order valence-corrected chi connectivity index (χ4v) is 3.05. The molecule has 0 saturated carbocycles. The Labute approximate surface area is 113 Å². The first-order valence-corrected chi connectivity index (χ1v) is 7.18. The summed E-state index contributed by atoms with van der Waals surface area (Å²) in [5.74, 6) is 0.679. The molecule has 0 aliphatic heterocycles. The molecule has 18 heavy (non-hydrogen) atoms. The quantitative estimate of drug-likeness (QED) is 0.800. The van der Waals surface area contributed by atoms with Gasteiger partial charge in [-0.3, -0.25) is 0 Å². The Kier molecular flexibility index (Phi) is 5.40. The Bertz CT molecular complexity index is 380. The van der Waals surface area contributed by atoms with Crippen molar-refractivity contribution in [3.63, 3.8) is 0 Å². The molecule has 1 N–H and O–H groups in total. The number of rotatable bonds is 5. The molecule has 0 aliphatic rings. The molecule has 1 aromatic carbocycles. The summed E-state index contributed by atoms with van der Waals surface area (Å²) in [6.07, 6.45) is 2.53. The van der Waals surface area contributed by atoms with E-state index in [1.54, 1.807) is 0 Å². The van der Waals surface area contributed by atoms with Crippen molar-refractivity contribution in [1.29, 1.82) is 0 Å². The van der Waals surface area contributed by atoms with Crippen molar-refractivity contribution < 1.29 is 0 Å². The summed E-state index contributed by atoms with van der Waals surface area (Å²) in [5.41, 5.74) is 7.27. The average Bonchev–Trinajstić information content (AvgIpc) is 2.32. The Morgan fingerprint density at radius 3 is 1.94 bits per heavy atom. The minimum Gasteiger partial charge on any atom is -0.313 e. The topological polar surface area (TPSA) is 12.0 Å². The second kappa shape index (κ2) is 6.38. The van der Waals surface area contributed by atoms with Gasteiger partial charge in [0.05, 0.1) is 0 Å². The molecule has 2 atom stereocenters. The monoisotopic (exact) mass is 247 g/mol. The largest absolute Gasteiger partial charge is 0.313 e. The average molecular weight is 247 g/mol. The van der Waals surface area contributed by atoms with Gasteiger partial charge < -0.3 is 5.32 Å². The van der Waals surface area contributed by atoms with Crippen molar-refractivity contribution in [3.8, 4) is 0 Å². The van der Waals surface area contributed by atoms with E-state index < -0.39 is 0 Å². The van der Waals surface area contributed by atoms with Gasteiger partial charge in [0.2, 0.25) is 0 Å². The molecular weight excluding hydrogens is 218 g/mol. The van der Waals surface area contributed by atoms with Gasteiger partial charge in [0.15, 0.2) is 0 Å². The predicted molar refractivity (Wildman–Crippen MR) is 81.3 cm³/mol. The van der Waals surface area contributed by atoms with Crippen molar-refractivity contribution in [1.82, 2.24) is 5.32 Å². The number of hydrogen-bond donors (Lipinski definition) is 1. The standard InChI is InChI=1S/C17H29N/c1-8-9-11(2)17(18-7)16-14(5)12(3)10-13(4)15(16)6/h10-11,17-18H,8-9H2,1-7H3. The maximum atomic E-state index is 3.54. The molecule has 0 spiro atoms. The van der Waals surface area contributed by atoms with Gasteiger partial charge in [0, 0.05) is 6.04 Å². The van der Waals surface area contributed by atoms with Crippen LogP contribution in [0.2, 0.25) is 0 Å². The van der Waals surface area contributed by atoms with Crippen LogP contribution in [0, 0.1) is 33.6 Å². The molecule has 0 fully saturated rings. The molecule has 102 valence electrons. The van der Waals surface area contributed by atoms with Crippen LogP contribution in [0.25, 0.3) is 0 Å². The first kappa shape index (κ1) is 15.2. The Hall–Kier alpha value is -0.820. The number of nitrogens with one attached hydrogen (secondary N) is 1. The van der Waals surface area contributed by atoms with E-state index in [0.717, 1.165) is 0 Å². The number of benzene rings is 1. The van der Waals surface area contributed by atoms with E-state index in [1.165, 1.54) is 40.7 Å². The third-order valence-electron chi connectivity index (χ3n) is 4.36. The van der Waals surface area contributed by atoms with Gasteiger partial charge >= 0.3 is 0 Å². The summed E-state index contributed by atoms with van der Waals surface area (Å²) in [6.45, 7) is 13.6. The SMILES string of the molecule is CCCC(C)C(NC)c1c(C)c(C)cc(C)c1C.